The molecule has 0 fully saturated rings. The van der Waals surface area contributed by atoms with Gasteiger partial charge in [0, 0.05) is 18.5 Å². The number of halogens is 1. The van der Waals surface area contributed by atoms with E-state index in [1.54, 1.807) is 18.3 Å². The number of aryl methyl sites for hydroxylation is 1. The number of hydrogen-bond acceptors (Lipinski definition) is 4. The Labute approximate surface area is 114 Å². The minimum atomic E-state index is -0.103. The van der Waals surface area contributed by atoms with E-state index in [9.17, 15) is 4.79 Å². The first-order chi connectivity index (χ1) is 9.24. The summed E-state index contributed by atoms with van der Waals surface area (Å²) in [7, 11) is 0. The fourth-order valence-corrected chi connectivity index (χ4v) is 2.39. The Morgan fingerprint density at radius 3 is 3.11 bits per heavy atom. The molecule has 0 radical (unpaired) electrons. The van der Waals surface area contributed by atoms with Crippen LogP contribution in [0.4, 0.5) is 5.69 Å². The van der Waals surface area contributed by atoms with Crippen LogP contribution in [-0.4, -0.2) is 26.3 Å². The van der Waals surface area contributed by atoms with Crippen LogP contribution in [0.15, 0.2) is 18.3 Å². The van der Waals surface area contributed by atoms with Crippen molar-refractivity contribution in [3.63, 3.8) is 0 Å². The Morgan fingerprint density at radius 2 is 2.26 bits per heavy atom. The summed E-state index contributed by atoms with van der Waals surface area (Å²) in [5.41, 5.74) is 2.38. The number of anilines is 1. The van der Waals surface area contributed by atoms with Gasteiger partial charge in [0.05, 0.1) is 17.1 Å². The molecular formula is C12H12ClN5O. The van der Waals surface area contributed by atoms with Crippen molar-refractivity contribution in [3.05, 3.63) is 34.9 Å². The van der Waals surface area contributed by atoms with E-state index in [0.29, 0.717) is 17.3 Å². The molecule has 0 saturated heterocycles. The van der Waals surface area contributed by atoms with Crippen LogP contribution < -0.4 is 5.32 Å². The summed E-state index contributed by atoms with van der Waals surface area (Å²) in [6.45, 7) is 0. The van der Waals surface area contributed by atoms with E-state index >= 15 is 0 Å². The minimum Gasteiger partial charge on any atom is -0.323 e. The third-order valence-electron chi connectivity index (χ3n) is 3.26. The Balaban J connectivity index is 1.71. The van der Waals surface area contributed by atoms with Gasteiger partial charge >= 0.3 is 0 Å². The van der Waals surface area contributed by atoms with Gasteiger partial charge in [0.15, 0.2) is 5.15 Å². The summed E-state index contributed by atoms with van der Waals surface area (Å²) in [6.07, 6.45) is 3.73. The molecule has 7 heteroatoms. The van der Waals surface area contributed by atoms with E-state index in [4.69, 9.17) is 11.6 Å². The van der Waals surface area contributed by atoms with Crippen molar-refractivity contribution in [3.8, 4) is 0 Å². The number of carbonyl (C=O) groups excluding carboxylic acids is 1. The maximum absolute atomic E-state index is 12.2. The first kappa shape index (κ1) is 12.1. The van der Waals surface area contributed by atoms with Crippen molar-refractivity contribution in [2.24, 2.45) is 5.92 Å². The summed E-state index contributed by atoms with van der Waals surface area (Å²) >= 11 is 5.92. The number of aromatic amines is 1. The van der Waals surface area contributed by atoms with Crippen molar-refractivity contribution in [2.45, 2.75) is 19.3 Å². The molecule has 0 aromatic carbocycles. The quantitative estimate of drug-likeness (QED) is 0.817. The molecule has 19 heavy (non-hydrogen) atoms. The molecule has 3 rings (SSSR count). The van der Waals surface area contributed by atoms with Gasteiger partial charge in [0.2, 0.25) is 5.91 Å². The second kappa shape index (κ2) is 4.97. The normalized spacial score (nSPS) is 17.8. The Kier molecular flexibility index (Phi) is 3.16. The maximum Gasteiger partial charge on any atom is 0.227 e. The third-order valence-corrected chi connectivity index (χ3v) is 3.56. The number of carbonyl (C=O) groups is 1. The number of rotatable bonds is 2. The number of amides is 1. The van der Waals surface area contributed by atoms with E-state index in [1.165, 1.54) is 0 Å². The molecule has 1 atom stereocenters. The smallest absolute Gasteiger partial charge is 0.227 e. The standard InChI is InChI=1S/C12H12ClN5O/c13-11-9(2-1-5-14-11)15-12(19)7-3-4-8-10(6-7)17-18-16-8/h1-2,5,7H,3-4,6H2,(H,15,19)(H,16,17,18). The van der Waals surface area contributed by atoms with Crippen LogP contribution in [0.5, 0.6) is 0 Å². The van der Waals surface area contributed by atoms with E-state index < -0.39 is 0 Å². The van der Waals surface area contributed by atoms with Gasteiger partial charge in [-0.1, -0.05) is 11.6 Å². The average molecular weight is 278 g/mol. The molecule has 0 saturated carbocycles. The summed E-state index contributed by atoms with van der Waals surface area (Å²) in [5, 5.41) is 13.8. The first-order valence-corrected chi connectivity index (χ1v) is 6.41. The Bertz CT molecular complexity index is 612. The fourth-order valence-electron chi connectivity index (χ4n) is 2.22. The van der Waals surface area contributed by atoms with Gasteiger partial charge in [-0.15, -0.1) is 0 Å². The van der Waals surface area contributed by atoms with Crippen LogP contribution in [-0.2, 0) is 17.6 Å². The highest BCUT2D eigenvalue weighted by molar-refractivity contribution is 6.32. The average Bonchev–Trinajstić information content (AvgIpc) is 2.88. The molecule has 2 N–H and O–H groups in total. The number of pyridine rings is 1. The molecule has 1 aliphatic rings. The van der Waals surface area contributed by atoms with Crippen LogP contribution in [0.25, 0.3) is 0 Å². The number of nitrogens with zero attached hydrogens (tertiary/aromatic N) is 3. The topological polar surface area (TPSA) is 83.6 Å². The molecule has 0 spiro atoms. The summed E-state index contributed by atoms with van der Waals surface area (Å²) in [6, 6.07) is 3.47. The molecule has 2 aromatic rings. The second-order valence-electron chi connectivity index (χ2n) is 4.49. The van der Waals surface area contributed by atoms with E-state index in [0.717, 1.165) is 24.2 Å². The molecule has 0 bridgehead atoms. The molecule has 6 nitrogen and oxygen atoms in total. The second-order valence-corrected chi connectivity index (χ2v) is 4.85. The van der Waals surface area contributed by atoms with E-state index in [2.05, 4.69) is 25.7 Å². The molecule has 98 valence electrons. The van der Waals surface area contributed by atoms with Crippen LogP contribution in [0.1, 0.15) is 17.8 Å². The van der Waals surface area contributed by atoms with Gasteiger partial charge < -0.3 is 5.32 Å². The number of fused-ring (bicyclic) bond motifs is 1. The SMILES string of the molecule is O=C(Nc1cccnc1Cl)C1CCc2n[nH]nc2C1. The predicted molar refractivity (Wildman–Crippen MR) is 69.8 cm³/mol. The molecule has 1 amide bonds. The number of aromatic nitrogens is 4. The Morgan fingerprint density at radius 1 is 1.42 bits per heavy atom. The van der Waals surface area contributed by atoms with Crippen molar-refractivity contribution >= 4 is 23.2 Å². The zero-order valence-electron chi connectivity index (χ0n) is 10.1. The lowest BCUT2D eigenvalue weighted by molar-refractivity contribution is -0.120. The summed E-state index contributed by atoms with van der Waals surface area (Å²) in [5.74, 6) is -0.155. The highest BCUT2D eigenvalue weighted by Gasteiger charge is 2.27. The van der Waals surface area contributed by atoms with Gasteiger partial charge in [-0.2, -0.15) is 15.4 Å². The van der Waals surface area contributed by atoms with Crippen LogP contribution in [0, 0.1) is 5.92 Å². The highest BCUT2D eigenvalue weighted by atomic mass is 35.5. The minimum absolute atomic E-state index is 0.0523. The molecule has 1 unspecified atom stereocenters. The van der Waals surface area contributed by atoms with Gasteiger partial charge in [0.1, 0.15) is 0 Å². The van der Waals surface area contributed by atoms with Crippen molar-refractivity contribution in [1.82, 2.24) is 20.4 Å². The van der Waals surface area contributed by atoms with E-state index in [-0.39, 0.29) is 11.8 Å². The Hall–Kier alpha value is -1.95. The van der Waals surface area contributed by atoms with Gasteiger partial charge in [-0.05, 0) is 25.0 Å². The lowest BCUT2D eigenvalue weighted by atomic mass is 9.89. The number of H-pyrrole nitrogens is 1. The number of nitrogens with one attached hydrogen (secondary N) is 2. The van der Waals surface area contributed by atoms with Gasteiger partial charge in [0.25, 0.3) is 0 Å². The molecule has 0 aliphatic heterocycles. The van der Waals surface area contributed by atoms with E-state index in [1.807, 2.05) is 0 Å². The van der Waals surface area contributed by atoms with Crippen molar-refractivity contribution in [2.75, 3.05) is 5.32 Å². The molecular weight excluding hydrogens is 266 g/mol. The first-order valence-electron chi connectivity index (χ1n) is 6.04. The monoisotopic (exact) mass is 277 g/mol. The number of hydrogen-bond donors (Lipinski definition) is 2. The zero-order valence-corrected chi connectivity index (χ0v) is 10.8. The maximum atomic E-state index is 12.2. The lowest BCUT2D eigenvalue weighted by Gasteiger charge is -2.19. The molecule has 1 aliphatic carbocycles. The van der Waals surface area contributed by atoms with Crippen LogP contribution in [0.2, 0.25) is 5.15 Å². The van der Waals surface area contributed by atoms with Gasteiger partial charge in [-0.25, -0.2) is 4.98 Å². The van der Waals surface area contributed by atoms with Gasteiger partial charge in [-0.3, -0.25) is 4.79 Å². The molecule has 2 aromatic heterocycles. The van der Waals surface area contributed by atoms with Crippen molar-refractivity contribution < 1.29 is 4.79 Å². The van der Waals surface area contributed by atoms with Crippen LogP contribution in [0.3, 0.4) is 0 Å². The lowest BCUT2D eigenvalue weighted by Crippen LogP contribution is -2.28. The summed E-state index contributed by atoms with van der Waals surface area (Å²) < 4.78 is 0. The fraction of sp³-hybridized carbons (Fsp3) is 0.333. The van der Waals surface area contributed by atoms with Crippen molar-refractivity contribution in [1.29, 1.82) is 0 Å². The molecule has 2 heterocycles. The van der Waals surface area contributed by atoms with Crippen LogP contribution >= 0.6 is 11.6 Å². The highest BCUT2D eigenvalue weighted by Crippen LogP contribution is 2.25. The largest absolute Gasteiger partial charge is 0.323 e. The predicted octanol–water partition coefficient (Wildman–Crippen LogP) is 1.60. The third kappa shape index (κ3) is 2.44. The zero-order chi connectivity index (χ0) is 13.2. The summed E-state index contributed by atoms with van der Waals surface area (Å²) in [4.78, 5) is 16.1.